The summed E-state index contributed by atoms with van der Waals surface area (Å²) in [6.07, 6.45) is 6.23. The first-order chi connectivity index (χ1) is 15.5. The van der Waals surface area contributed by atoms with Crippen LogP contribution in [0.1, 0.15) is 31.2 Å². The quantitative estimate of drug-likeness (QED) is 0.657. The number of piperidine rings is 2. The van der Waals surface area contributed by atoms with E-state index in [4.69, 9.17) is 23.2 Å². The van der Waals surface area contributed by atoms with Crippen molar-refractivity contribution in [2.45, 2.75) is 25.7 Å². The van der Waals surface area contributed by atoms with Gasteiger partial charge >= 0.3 is 0 Å². The van der Waals surface area contributed by atoms with E-state index in [1.165, 1.54) is 10.6 Å². The van der Waals surface area contributed by atoms with Crippen molar-refractivity contribution in [3.63, 3.8) is 0 Å². The Labute approximate surface area is 206 Å². The Bertz CT molecular complexity index is 1100. The number of carbonyl (C=O) groups excluding carboxylic acids is 1. The van der Waals surface area contributed by atoms with Crippen molar-refractivity contribution in [1.82, 2.24) is 9.21 Å². The lowest BCUT2D eigenvalue weighted by Crippen LogP contribution is -2.50. The molecule has 1 aliphatic carbocycles. The third kappa shape index (κ3) is 5.17. The minimum Gasteiger partial charge on any atom is -0.326 e. The van der Waals surface area contributed by atoms with E-state index in [0.29, 0.717) is 31.0 Å². The van der Waals surface area contributed by atoms with Crippen molar-refractivity contribution >= 4 is 44.8 Å². The molecule has 0 bridgehead atoms. The lowest BCUT2D eigenvalue weighted by molar-refractivity contribution is -0.120. The van der Waals surface area contributed by atoms with Gasteiger partial charge in [0, 0.05) is 59.2 Å². The molecule has 2 heterocycles. The van der Waals surface area contributed by atoms with Crippen LogP contribution in [0.4, 0.5) is 5.69 Å². The molecule has 6 nitrogen and oxygen atoms in total. The number of amides is 1. The normalized spacial score (nSPS) is 29.7. The van der Waals surface area contributed by atoms with Gasteiger partial charge in [0.05, 0.1) is 6.26 Å². The lowest BCUT2D eigenvalue weighted by atomic mass is 9.63. The van der Waals surface area contributed by atoms with Gasteiger partial charge in [0.2, 0.25) is 15.9 Å². The van der Waals surface area contributed by atoms with Gasteiger partial charge < -0.3 is 10.2 Å². The summed E-state index contributed by atoms with van der Waals surface area (Å²) in [5, 5.41) is 4.50. The van der Waals surface area contributed by atoms with Gasteiger partial charge in [-0.15, -0.1) is 0 Å². The van der Waals surface area contributed by atoms with E-state index in [9.17, 15) is 13.2 Å². The molecular weight excluding hydrogens is 481 g/mol. The third-order valence-corrected chi connectivity index (χ3v) is 9.38. The van der Waals surface area contributed by atoms with Crippen LogP contribution >= 0.6 is 23.2 Å². The highest BCUT2D eigenvalue weighted by molar-refractivity contribution is 7.88. The fourth-order valence-corrected chi connectivity index (χ4v) is 7.00. The molecule has 1 amide bonds. The van der Waals surface area contributed by atoms with E-state index in [-0.39, 0.29) is 29.1 Å². The predicted octanol–water partition coefficient (Wildman–Crippen LogP) is 4.21. The van der Waals surface area contributed by atoms with Gasteiger partial charge in [-0.2, -0.15) is 0 Å². The number of anilines is 1. The number of likely N-dealkylation sites (N-methyl/N-ethyl adjacent to an activating group) is 1. The third-order valence-electron chi connectivity index (χ3n) is 7.30. The molecule has 9 heteroatoms. The summed E-state index contributed by atoms with van der Waals surface area (Å²) in [5.41, 5.74) is 1.67. The number of carbonyl (C=O) groups is 1. The average Bonchev–Trinajstić information content (AvgIpc) is 2.74. The van der Waals surface area contributed by atoms with E-state index in [1.807, 2.05) is 24.3 Å². The molecule has 0 saturated carbocycles. The number of nitrogens with zero attached hydrogens (tertiary/aromatic N) is 2. The van der Waals surface area contributed by atoms with Gasteiger partial charge in [0.25, 0.3) is 0 Å². The highest BCUT2D eigenvalue weighted by Gasteiger charge is 2.47. The zero-order chi connectivity index (χ0) is 24.0. The minimum atomic E-state index is -3.21. The number of hydrogen-bond acceptors (Lipinski definition) is 4. The van der Waals surface area contributed by atoms with Crippen LogP contribution in [0.25, 0.3) is 0 Å². The van der Waals surface area contributed by atoms with E-state index >= 15 is 0 Å². The minimum absolute atomic E-state index is 0.0579. The molecule has 180 valence electrons. The molecule has 4 rings (SSSR count). The molecule has 0 spiro atoms. The number of likely N-dealkylation sites (tertiary alicyclic amines) is 1. The Kier molecular flexibility index (Phi) is 7.00. The molecule has 2 aliphatic heterocycles. The number of hydrogen-bond donors (Lipinski definition) is 1. The summed E-state index contributed by atoms with van der Waals surface area (Å²) in [4.78, 5) is 15.2. The zero-order valence-corrected chi connectivity index (χ0v) is 21.6. The molecule has 1 aromatic carbocycles. The Balaban J connectivity index is 1.50. The summed E-state index contributed by atoms with van der Waals surface area (Å²) in [5.74, 6) is 0.0852. The molecular formula is C24H31Cl2N3O3S. The zero-order valence-electron chi connectivity index (χ0n) is 19.2. The second kappa shape index (κ2) is 9.34. The van der Waals surface area contributed by atoms with Crippen molar-refractivity contribution in [2.75, 3.05) is 44.8 Å². The molecule has 1 aromatic rings. The molecule has 3 unspecified atom stereocenters. The first-order valence-electron chi connectivity index (χ1n) is 11.3. The first kappa shape index (κ1) is 24.7. The topological polar surface area (TPSA) is 69.7 Å². The van der Waals surface area contributed by atoms with Crippen molar-refractivity contribution in [2.24, 2.45) is 17.3 Å². The smallest absolute Gasteiger partial charge is 0.227 e. The monoisotopic (exact) mass is 511 g/mol. The average molecular weight is 513 g/mol. The largest absolute Gasteiger partial charge is 0.326 e. The summed E-state index contributed by atoms with van der Waals surface area (Å²) in [6.45, 7) is 4.67. The second-order valence-corrected chi connectivity index (χ2v) is 12.7. The fraction of sp³-hybridized carbons (Fsp3) is 0.542. The second-order valence-electron chi connectivity index (χ2n) is 9.84. The van der Waals surface area contributed by atoms with E-state index in [0.717, 1.165) is 29.4 Å². The van der Waals surface area contributed by atoms with Gasteiger partial charge in [-0.1, -0.05) is 48.3 Å². The number of halogens is 2. The summed E-state index contributed by atoms with van der Waals surface area (Å²) in [6, 6.07) is 8.00. The maximum Gasteiger partial charge on any atom is 0.227 e. The Morgan fingerprint density at radius 2 is 1.91 bits per heavy atom. The van der Waals surface area contributed by atoms with E-state index in [2.05, 4.69) is 36.3 Å². The number of sulfonamides is 1. The molecule has 2 fully saturated rings. The van der Waals surface area contributed by atoms with Crippen LogP contribution in [0.5, 0.6) is 0 Å². The van der Waals surface area contributed by atoms with Crippen LogP contribution in [-0.2, 0) is 14.8 Å². The number of benzene rings is 1. The van der Waals surface area contributed by atoms with Gasteiger partial charge in [-0.3, -0.25) is 4.79 Å². The molecule has 0 radical (unpaired) electrons. The maximum absolute atomic E-state index is 12.9. The van der Waals surface area contributed by atoms with E-state index in [1.54, 1.807) is 0 Å². The van der Waals surface area contributed by atoms with Crippen LogP contribution in [0.3, 0.4) is 0 Å². The standard InChI is InChI=1S/C24H31Cl2N3O3S/c1-24-15-28(2)14-20(21(24)12-18(25)13-22(24)26)17-5-4-6-19(11-17)27-23(30)16-7-9-29(10-8-16)33(3,31)32/h4-6,11-13,16,20-21H,7-10,14-15H2,1-3H3,(H,27,30). The molecule has 0 aromatic heterocycles. The fourth-order valence-electron chi connectivity index (χ4n) is 5.52. The first-order valence-corrected chi connectivity index (χ1v) is 13.9. The van der Waals surface area contributed by atoms with Gasteiger partial charge in [-0.05, 0) is 49.6 Å². The van der Waals surface area contributed by atoms with Crippen LogP contribution < -0.4 is 5.32 Å². The highest BCUT2D eigenvalue weighted by Crippen LogP contribution is 2.52. The highest BCUT2D eigenvalue weighted by atomic mass is 35.5. The summed E-state index contributed by atoms with van der Waals surface area (Å²) < 4.78 is 24.9. The predicted molar refractivity (Wildman–Crippen MR) is 134 cm³/mol. The number of fused-ring (bicyclic) bond motifs is 1. The molecule has 3 aliphatic rings. The summed E-state index contributed by atoms with van der Waals surface area (Å²) in [7, 11) is -1.10. The molecule has 3 atom stereocenters. The molecule has 2 saturated heterocycles. The summed E-state index contributed by atoms with van der Waals surface area (Å²) >= 11 is 13.1. The van der Waals surface area contributed by atoms with Crippen molar-refractivity contribution in [3.8, 4) is 0 Å². The van der Waals surface area contributed by atoms with Crippen LogP contribution in [0.2, 0.25) is 0 Å². The molecule has 1 N–H and O–H groups in total. The van der Waals surface area contributed by atoms with Crippen molar-refractivity contribution in [3.05, 3.63) is 52.0 Å². The lowest BCUT2D eigenvalue weighted by Gasteiger charge is -2.50. The van der Waals surface area contributed by atoms with Gasteiger partial charge in [-0.25, -0.2) is 12.7 Å². The van der Waals surface area contributed by atoms with Crippen LogP contribution in [0.15, 0.2) is 46.5 Å². The Morgan fingerprint density at radius 3 is 2.58 bits per heavy atom. The van der Waals surface area contributed by atoms with Crippen molar-refractivity contribution in [1.29, 1.82) is 0 Å². The number of nitrogens with one attached hydrogen (secondary N) is 1. The maximum atomic E-state index is 12.9. The Morgan fingerprint density at radius 1 is 1.21 bits per heavy atom. The number of rotatable bonds is 4. The Hall–Kier alpha value is -1.38. The van der Waals surface area contributed by atoms with Crippen molar-refractivity contribution < 1.29 is 13.2 Å². The van der Waals surface area contributed by atoms with Crippen LogP contribution in [0, 0.1) is 17.3 Å². The SMILES string of the molecule is CN1CC(c2cccc(NC(=O)C3CCN(S(C)(=O)=O)CC3)c2)C2C=C(Cl)C=C(Cl)C2(C)C1. The van der Waals surface area contributed by atoms with E-state index < -0.39 is 10.0 Å². The molecule has 33 heavy (non-hydrogen) atoms. The van der Waals surface area contributed by atoms with Gasteiger partial charge in [0.15, 0.2) is 0 Å². The van der Waals surface area contributed by atoms with Gasteiger partial charge in [0.1, 0.15) is 0 Å². The van der Waals surface area contributed by atoms with Crippen LogP contribution in [-0.4, -0.2) is 63.0 Å². The number of allylic oxidation sites excluding steroid dienone is 3.